The molecule has 22 heavy (non-hydrogen) atoms. The number of pyridine rings is 1. The summed E-state index contributed by atoms with van der Waals surface area (Å²) in [6.07, 6.45) is 2.66. The van der Waals surface area contributed by atoms with Crippen LogP contribution in [-0.4, -0.2) is 47.4 Å². The number of ether oxygens (including phenoxy) is 1. The first-order valence-corrected chi connectivity index (χ1v) is 7.21. The number of nitrogens with two attached hydrogens (primary N) is 1. The Morgan fingerprint density at radius 2 is 2.18 bits per heavy atom. The number of hydrogen-bond donors (Lipinski definition) is 1. The van der Waals surface area contributed by atoms with Gasteiger partial charge < -0.3 is 15.4 Å². The van der Waals surface area contributed by atoms with Gasteiger partial charge in [0, 0.05) is 19.3 Å². The Bertz CT molecular complexity index is 576. The summed E-state index contributed by atoms with van der Waals surface area (Å²) in [4.78, 5) is 40.2. The number of primary amides is 1. The van der Waals surface area contributed by atoms with E-state index in [0.29, 0.717) is 19.4 Å². The second-order valence-electron chi connectivity index (χ2n) is 5.03. The van der Waals surface area contributed by atoms with Crippen LogP contribution in [0.3, 0.4) is 0 Å². The molecule has 0 bridgehead atoms. The molecule has 7 nitrogen and oxygen atoms in total. The molecule has 1 aliphatic heterocycles. The zero-order valence-electron chi connectivity index (χ0n) is 11.8. The summed E-state index contributed by atoms with van der Waals surface area (Å²) in [6, 6.07) is 2.92. The van der Waals surface area contributed by atoms with Crippen molar-refractivity contribution in [3.05, 3.63) is 29.0 Å². The monoisotopic (exact) mass is 325 g/mol. The average molecular weight is 326 g/mol. The Labute approximate surface area is 132 Å². The maximum Gasteiger partial charge on any atom is 0.340 e. The minimum absolute atomic E-state index is 0.214. The van der Waals surface area contributed by atoms with Gasteiger partial charge in [-0.05, 0) is 25.0 Å². The minimum Gasteiger partial charge on any atom is -0.452 e. The summed E-state index contributed by atoms with van der Waals surface area (Å²) >= 11 is 5.62. The number of rotatable bonds is 4. The third-order valence-electron chi connectivity index (χ3n) is 3.47. The van der Waals surface area contributed by atoms with Crippen molar-refractivity contribution in [2.45, 2.75) is 12.8 Å². The quantitative estimate of drug-likeness (QED) is 0.645. The molecule has 2 rings (SSSR count). The lowest BCUT2D eigenvalue weighted by Crippen LogP contribution is -2.45. The number of nitrogens with zero attached hydrogens (tertiary/aromatic N) is 2. The van der Waals surface area contributed by atoms with E-state index in [0.717, 1.165) is 0 Å². The third-order valence-corrected chi connectivity index (χ3v) is 3.69. The van der Waals surface area contributed by atoms with Crippen molar-refractivity contribution in [3.63, 3.8) is 0 Å². The van der Waals surface area contributed by atoms with Gasteiger partial charge in [-0.25, -0.2) is 9.78 Å². The molecule has 1 aromatic rings. The minimum atomic E-state index is -0.652. The van der Waals surface area contributed by atoms with E-state index in [1.807, 2.05) is 0 Å². The topological polar surface area (TPSA) is 103 Å². The lowest BCUT2D eigenvalue weighted by molar-refractivity contribution is -0.137. The molecule has 2 N–H and O–H groups in total. The summed E-state index contributed by atoms with van der Waals surface area (Å²) in [5.41, 5.74) is 5.47. The number of likely N-dealkylation sites (tertiary alicyclic amines) is 1. The molecule has 1 aliphatic rings. The molecule has 0 saturated carbocycles. The van der Waals surface area contributed by atoms with Gasteiger partial charge in [0.1, 0.15) is 5.15 Å². The van der Waals surface area contributed by atoms with Gasteiger partial charge in [0.25, 0.3) is 5.91 Å². The first-order valence-electron chi connectivity index (χ1n) is 6.83. The normalized spacial score (nSPS) is 17.9. The molecular formula is C14H16ClN3O4. The fourth-order valence-corrected chi connectivity index (χ4v) is 2.35. The van der Waals surface area contributed by atoms with Gasteiger partial charge in [0.05, 0.1) is 11.5 Å². The molecule has 8 heteroatoms. The van der Waals surface area contributed by atoms with Crippen LogP contribution in [0.1, 0.15) is 23.2 Å². The highest BCUT2D eigenvalue weighted by Gasteiger charge is 2.27. The molecule has 0 unspecified atom stereocenters. The van der Waals surface area contributed by atoms with Gasteiger partial charge in [-0.15, -0.1) is 0 Å². The maximum atomic E-state index is 12.0. The molecule has 2 amide bonds. The van der Waals surface area contributed by atoms with Crippen molar-refractivity contribution in [1.82, 2.24) is 9.88 Å². The molecule has 0 aromatic carbocycles. The molecule has 2 heterocycles. The van der Waals surface area contributed by atoms with Gasteiger partial charge in [-0.2, -0.15) is 0 Å². The first-order chi connectivity index (χ1) is 10.5. The highest BCUT2D eigenvalue weighted by atomic mass is 35.5. The van der Waals surface area contributed by atoms with Crippen molar-refractivity contribution < 1.29 is 19.1 Å². The number of piperidine rings is 1. The first kappa shape index (κ1) is 16.2. The van der Waals surface area contributed by atoms with Crippen LogP contribution in [0, 0.1) is 5.92 Å². The fraction of sp³-hybridized carbons (Fsp3) is 0.429. The average Bonchev–Trinajstić information content (AvgIpc) is 2.53. The van der Waals surface area contributed by atoms with Crippen LogP contribution in [0.2, 0.25) is 5.15 Å². The highest BCUT2D eigenvalue weighted by molar-refractivity contribution is 6.29. The zero-order valence-corrected chi connectivity index (χ0v) is 12.6. The fourth-order valence-electron chi connectivity index (χ4n) is 2.23. The van der Waals surface area contributed by atoms with Crippen molar-refractivity contribution in [2.75, 3.05) is 19.7 Å². The zero-order chi connectivity index (χ0) is 16.1. The predicted octanol–water partition coefficient (Wildman–Crippen LogP) is 0.616. The number of esters is 1. The van der Waals surface area contributed by atoms with Crippen LogP contribution in [-0.2, 0) is 14.3 Å². The van der Waals surface area contributed by atoms with Crippen LogP contribution in [0.25, 0.3) is 0 Å². The second-order valence-corrected chi connectivity index (χ2v) is 5.41. The number of aromatic nitrogens is 1. The van der Waals surface area contributed by atoms with Crippen LogP contribution in [0.15, 0.2) is 18.3 Å². The number of hydrogen-bond acceptors (Lipinski definition) is 5. The summed E-state index contributed by atoms with van der Waals surface area (Å²) in [5.74, 6) is -1.75. The smallest absolute Gasteiger partial charge is 0.340 e. The summed E-state index contributed by atoms with van der Waals surface area (Å²) in [6.45, 7) is 0.420. The molecule has 1 fully saturated rings. The molecule has 1 atom stereocenters. The van der Waals surface area contributed by atoms with E-state index in [-0.39, 0.29) is 35.7 Å². The standard InChI is InChI=1S/C14H16ClN3O4/c15-11-4-3-9(6-17-11)14(21)22-8-12(19)18-5-1-2-10(7-18)13(16)20/h3-4,6,10H,1-2,5,7-8H2,(H2,16,20)/t10-/m0/s1. The SMILES string of the molecule is NC(=O)[C@H]1CCCN(C(=O)COC(=O)c2ccc(Cl)nc2)C1. The number of amides is 2. The number of halogens is 1. The van der Waals surface area contributed by atoms with Gasteiger partial charge in [0.15, 0.2) is 6.61 Å². The van der Waals surface area contributed by atoms with Crippen molar-refractivity contribution in [1.29, 1.82) is 0 Å². The van der Waals surface area contributed by atoms with Crippen LogP contribution < -0.4 is 5.73 Å². The van der Waals surface area contributed by atoms with E-state index < -0.39 is 11.9 Å². The summed E-state index contributed by atoms with van der Waals surface area (Å²) < 4.78 is 4.95. The van der Waals surface area contributed by atoms with Gasteiger partial charge in [-0.1, -0.05) is 11.6 Å². The lowest BCUT2D eigenvalue weighted by Gasteiger charge is -2.31. The molecule has 1 saturated heterocycles. The highest BCUT2D eigenvalue weighted by Crippen LogP contribution is 2.16. The van der Waals surface area contributed by atoms with Gasteiger partial charge in [0.2, 0.25) is 5.91 Å². The number of carbonyl (C=O) groups is 3. The van der Waals surface area contributed by atoms with E-state index in [9.17, 15) is 14.4 Å². The van der Waals surface area contributed by atoms with Crippen LogP contribution in [0.5, 0.6) is 0 Å². The number of carbonyl (C=O) groups excluding carboxylic acids is 3. The van der Waals surface area contributed by atoms with E-state index in [2.05, 4.69) is 4.98 Å². The predicted molar refractivity (Wildman–Crippen MR) is 78.0 cm³/mol. The largest absolute Gasteiger partial charge is 0.452 e. The Morgan fingerprint density at radius 1 is 1.41 bits per heavy atom. The van der Waals surface area contributed by atoms with Crippen molar-refractivity contribution in [3.8, 4) is 0 Å². The van der Waals surface area contributed by atoms with E-state index in [1.54, 1.807) is 0 Å². The molecule has 0 radical (unpaired) electrons. The second kappa shape index (κ2) is 7.22. The third kappa shape index (κ3) is 4.17. The molecule has 0 spiro atoms. The summed E-state index contributed by atoms with van der Waals surface area (Å²) in [7, 11) is 0. The Hall–Kier alpha value is -2.15. The summed E-state index contributed by atoms with van der Waals surface area (Å²) in [5, 5.41) is 0.262. The van der Waals surface area contributed by atoms with E-state index in [4.69, 9.17) is 22.1 Å². The Balaban J connectivity index is 1.85. The van der Waals surface area contributed by atoms with Crippen LogP contribution in [0.4, 0.5) is 0 Å². The molecular weight excluding hydrogens is 310 g/mol. The Kier molecular flexibility index (Phi) is 5.32. The van der Waals surface area contributed by atoms with Gasteiger partial charge >= 0.3 is 5.97 Å². The molecule has 0 aliphatic carbocycles. The molecule has 118 valence electrons. The van der Waals surface area contributed by atoms with E-state index >= 15 is 0 Å². The van der Waals surface area contributed by atoms with E-state index in [1.165, 1.54) is 23.2 Å². The lowest BCUT2D eigenvalue weighted by atomic mass is 9.97. The van der Waals surface area contributed by atoms with Crippen LogP contribution >= 0.6 is 11.6 Å². The Morgan fingerprint density at radius 3 is 2.82 bits per heavy atom. The van der Waals surface area contributed by atoms with Gasteiger partial charge in [-0.3, -0.25) is 9.59 Å². The maximum absolute atomic E-state index is 12.0. The van der Waals surface area contributed by atoms with Crippen molar-refractivity contribution >= 4 is 29.4 Å². The van der Waals surface area contributed by atoms with Crippen molar-refractivity contribution in [2.24, 2.45) is 11.7 Å². The molecule has 1 aromatic heterocycles.